The highest BCUT2D eigenvalue weighted by Gasteiger charge is 2.41. The van der Waals surface area contributed by atoms with Crippen LogP contribution in [0.15, 0.2) is 0 Å². The molecule has 2 amide bonds. The fourth-order valence-corrected chi connectivity index (χ4v) is 2.88. The van der Waals surface area contributed by atoms with Crippen LogP contribution < -0.4 is 10.6 Å². The maximum Gasteiger partial charge on any atom is 0.326 e. The van der Waals surface area contributed by atoms with E-state index in [1.807, 2.05) is 13.8 Å². The zero-order valence-electron chi connectivity index (χ0n) is 12.4. The molecule has 0 unspecified atom stereocenters. The van der Waals surface area contributed by atoms with Gasteiger partial charge in [0.15, 0.2) is 0 Å². The molecule has 1 atom stereocenters. The largest absolute Gasteiger partial charge is 0.480 e. The zero-order valence-corrected chi connectivity index (χ0v) is 12.4. The van der Waals surface area contributed by atoms with E-state index in [-0.39, 0.29) is 11.9 Å². The van der Waals surface area contributed by atoms with Gasteiger partial charge in [-0.1, -0.05) is 13.8 Å². The molecule has 2 saturated carbocycles. The van der Waals surface area contributed by atoms with Crippen molar-refractivity contribution in [3.8, 4) is 0 Å². The monoisotopic (exact) mass is 282 g/mol. The minimum absolute atomic E-state index is 0.238. The van der Waals surface area contributed by atoms with Crippen molar-refractivity contribution in [2.75, 3.05) is 6.54 Å². The van der Waals surface area contributed by atoms with Crippen LogP contribution in [0.25, 0.3) is 0 Å². The Morgan fingerprint density at radius 1 is 1.15 bits per heavy atom. The molecule has 3 N–H and O–H groups in total. The molecule has 2 aliphatic rings. The van der Waals surface area contributed by atoms with E-state index >= 15 is 0 Å². The number of rotatable bonds is 8. The zero-order chi connectivity index (χ0) is 14.7. The summed E-state index contributed by atoms with van der Waals surface area (Å²) in [4.78, 5) is 22.9. The first kappa shape index (κ1) is 15.1. The Labute approximate surface area is 120 Å². The van der Waals surface area contributed by atoms with E-state index in [4.69, 9.17) is 5.11 Å². The van der Waals surface area contributed by atoms with Crippen molar-refractivity contribution in [1.29, 1.82) is 0 Å². The molecule has 0 heterocycles. The molecule has 2 fully saturated rings. The Balaban J connectivity index is 1.74. The van der Waals surface area contributed by atoms with Crippen molar-refractivity contribution in [3.05, 3.63) is 0 Å². The molecular weight excluding hydrogens is 256 g/mol. The summed E-state index contributed by atoms with van der Waals surface area (Å²) >= 11 is 0. The van der Waals surface area contributed by atoms with E-state index in [1.54, 1.807) is 0 Å². The third-order valence-electron chi connectivity index (χ3n) is 4.26. The van der Waals surface area contributed by atoms with Crippen LogP contribution in [0.4, 0.5) is 4.79 Å². The molecule has 0 aromatic heterocycles. The number of nitrogens with one attached hydrogen (secondary N) is 2. The number of carbonyl (C=O) groups excluding carboxylic acids is 1. The van der Waals surface area contributed by atoms with Crippen LogP contribution in [0.3, 0.4) is 0 Å². The molecule has 0 bridgehead atoms. The molecule has 0 aliphatic heterocycles. The summed E-state index contributed by atoms with van der Waals surface area (Å²) in [5.74, 6) is 1.45. The van der Waals surface area contributed by atoms with Crippen LogP contribution >= 0.6 is 0 Å². The molecule has 0 spiro atoms. The molecule has 20 heavy (non-hydrogen) atoms. The smallest absolute Gasteiger partial charge is 0.326 e. The fourth-order valence-electron chi connectivity index (χ4n) is 2.88. The molecule has 2 aliphatic carbocycles. The first-order chi connectivity index (χ1) is 9.47. The van der Waals surface area contributed by atoms with Crippen molar-refractivity contribution < 1.29 is 14.7 Å². The Bertz CT molecular complexity index is 350. The van der Waals surface area contributed by atoms with Crippen LogP contribution in [0.5, 0.6) is 0 Å². The summed E-state index contributed by atoms with van der Waals surface area (Å²) in [6.45, 7) is 4.59. The van der Waals surface area contributed by atoms with Gasteiger partial charge >= 0.3 is 12.0 Å². The molecule has 2 rings (SSSR count). The second-order valence-corrected chi connectivity index (χ2v) is 6.71. The first-order valence-corrected chi connectivity index (χ1v) is 7.74. The normalized spacial score (nSPS) is 20.0. The molecule has 5 heteroatoms. The summed E-state index contributed by atoms with van der Waals surface area (Å²) < 4.78 is 0. The van der Waals surface area contributed by atoms with Gasteiger partial charge in [0, 0.05) is 6.54 Å². The molecule has 114 valence electrons. The third-order valence-corrected chi connectivity index (χ3v) is 4.26. The van der Waals surface area contributed by atoms with Gasteiger partial charge in [-0.15, -0.1) is 0 Å². The van der Waals surface area contributed by atoms with E-state index in [9.17, 15) is 9.59 Å². The van der Waals surface area contributed by atoms with E-state index in [0.717, 1.165) is 11.8 Å². The van der Waals surface area contributed by atoms with Crippen LogP contribution in [0.1, 0.15) is 46.0 Å². The van der Waals surface area contributed by atoms with E-state index in [0.29, 0.717) is 18.9 Å². The van der Waals surface area contributed by atoms with Crippen LogP contribution in [-0.4, -0.2) is 29.7 Å². The van der Waals surface area contributed by atoms with Gasteiger partial charge in [-0.25, -0.2) is 9.59 Å². The lowest BCUT2D eigenvalue weighted by Gasteiger charge is -2.19. The topological polar surface area (TPSA) is 78.4 Å². The second-order valence-electron chi connectivity index (χ2n) is 6.71. The van der Waals surface area contributed by atoms with Crippen LogP contribution in [0.2, 0.25) is 0 Å². The minimum atomic E-state index is -0.963. The standard InChI is InChI=1S/C15H26N2O3/c1-9(2)7-13(14(18)19)17-15(20)16-8-12(10-3-4-10)11-5-6-11/h9-13H,3-8H2,1-2H3,(H,18,19)(H2,16,17,20)/t13-/m0/s1. The number of amides is 2. The Hall–Kier alpha value is -1.26. The second kappa shape index (κ2) is 6.46. The highest BCUT2D eigenvalue weighted by Crippen LogP contribution is 2.48. The Morgan fingerprint density at radius 2 is 1.70 bits per heavy atom. The number of hydrogen-bond acceptors (Lipinski definition) is 2. The summed E-state index contributed by atoms with van der Waals surface area (Å²) in [5.41, 5.74) is 0. The Kier molecular flexibility index (Phi) is 4.89. The molecule has 5 nitrogen and oxygen atoms in total. The number of carboxylic acid groups (broad SMARTS) is 1. The molecule has 0 aromatic rings. The van der Waals surface area contributed by atoms with Gasteiger partial charge in [0.2, 0.25) is 0 Å². The summed E-state index contributed by atoms with van der Waals surface area (Å²) in [6, 6.07) is -1.14. The van der Waals surface area contributed by atoms with E-state index < -0.39 is 12.0 Å². The number of hydrogen-bond donors (Lipinski definition) is 3. The number of carboxylic acids is 1. The van der Waals surface area contributed by atoms with Gasteiger partial charge in [0.05, 0.1) is 0 Å². The third kappa shape index (κ3) is 4.69. The van der Waals surface area contributed by atoms with Gasteiger partial charge < -0.3 is 15.7 Å². The maximum atomic E-state index is 11.8. The van der Waals surface area contributed by atoms with Crippen molar-refractivity contribution in [3.63, 3.8) is 0 Å². The number of urea groups is 1. The van der Waals surface area contributed by atoms with Gasteiger partial charge in [-0.3, -0.25) is 0 Å². The lowest BCUT2D eigenvalue weighted by molar-refractivity contribution is -0.139. The van der Waals surface area contributed by atoms with Crippen LogP contribution in [-0.2, 0) is 4.79 Å². The predicted molar refractivity (Wildman–Crippen MR) is 76.4 cm³/mol. The van der Waals surface area contributed by atoms with E-state index in [1.165, 1.54) is 25.7 Å². The van der Waals surface area contributed by atoms with Crippen molar-refractivity contribution >= 4 is 12.0 Å². The van der Waals surface area contributed by atoms with Crippen molar-refractivity contribution in [2.45, 2.75) is 52.0 Å². The summed E-state index contributed by atoms with van der Waals surface area (Å²) in [7, 11) is 0. The van der Waals surface area contributed by atoms with Crippen LogP contribution in [0, 0.1) is 23.7 Å². The Morgan fingerprint density at radius 3 is 2.10 bits per heavy atom. The van der Waals surface area contributed by atoms with E-state index in [2.05, 4.69) is 10.6 Å². The highest BCUT2D eigenvalue weighted by molar-refractivity contribution is 5.82. The summed E-state index contributed by atoms with van der Waals surface area (Å²) in [6.07, 6.45) is 5.60. The molecule has 0 aromatic carbocycles. The van der Waals surface area contributed by atoms with Gasteiger partial charge in [0.1, 0.15) is 6.04 Å². The van der Waals surface area contributed by atoms with Gasteiger partial charge in [-0.2, -0.15) is 0 Å². The SMILES string of the molecule is CC(C)C[C@H](NC(=O)NCC(C1CC1)C1CC1)C(=O)O. The average molecular weight is 282 g/mol. The first-order valence-electron chi connectivity index (χ1n) is 7.74. The quantitative estimate of drug-likeness (QED) is 0.638. The molecular formula is C15H26N2O3. The number of aliphatic carboxylic acids is 1. The highest BCUT2D eigenvalue weighted by atomic mass is 16.4. The average Bonchev–Trinajstić information content (AvgIpc) is 3.22. The van der Waals surface area contributed by atoms with Crippen molar-refractivity contribution in [2.24, 2.45) is 23.7 Å². The lowest BCUT2D eigenvalue weighted by atomic mass is 9.98. The van der Waals surface area contributed by atoms with Gasteiger partial charge in [-0.05, 0) is 55.8 Å². The minimum Gasteiger partial charge on any atom is -0.480 e. The lowest BCUT2D eigenvalue weighted by Crippen LogP contribution is -2.47. The van der Waals surface area contributed by atoms with Crippen molar-refractivity contribution in [1.82, 2.24) is 10.6 Å². The maximum absolute atomic E-state index is 11.8. The summed E-state index contributed by atoms with van der Waals surface area (Å²) in [5, 5.41) is 14.5. The van der Waals surface area contributed by atoms with Gasteiger partial charge in [0.25, 0.3) is 0 Å². The predicted octanol–water partition coefficient (Wildman–Crippen LogP) is 2.22. The molecule has 0 saturated heterocycles. The number of carbonyl (C=O) groups is 2. The fraction of sp³-hybridized carbons (Fsp3) is 0.867. The molecule has 0 radical (unpaired) electrons.